The van der Waals surface area contributed by atoms with Gasteiger partial charge in [-0.1, -0.05) is 30.3 Å². The van der Waals surface area contributed by atoms with Crippen LogP contribution in [0.3, 0.4) is 0 Å². The molecule has 0 aliphatic carbocycles. The first-order valence-corrected chi connectivity index (χ1v) is 11.9. The van der Waals surface area contributed by atoms with E-state index in [1.54, 1.807) is 42.7 Å². The first-order valence-electron chi connectivity index (χ1n) is 11.9. The number of amides is 2. The molecule has 0 aliphatic heterocycles. The second-order valence-electron chi connectivity index (χ2n) is 8.20. The van der Waals surface area contributed by atoms with Gasteiger partial charge >= 0.3 is 0 Å². The molecular weight excluding hydrogens is 454 g/mol. The molecule has 7 heteroatoms. The average Bonchev–Trinajstić information content (AvgIpc) is 3.44. The number of anilines is 2. The van der Waals surface area contributed by atoms with E-state index in [9.17, 15) is 9.59 Å². The molecule has 0 saturated heterocycles. The molecule has 0 saturated carbocycles. The number of ether oxygens (including phenoxy) is 1. The fraction of sp³-hybridized carbons (Fsp3) is 0.172. The number of nitrogens with one attached hydrogen (secondary N) is 3. The van der Waals surface area contributed by atoms with E-state index in [-0.39, 0.29) is 18.4 Å². The van der Waals surface area contributed by atoms with Crippen LogP contribution in [0, 0.1) is 0 Å². The van der Waals surface area contributed by atoms with Crippen LogP contribution in [0.2, 0.25) is 0 Å². The molecule has 3 N–H and O–H groups in total. The molecule has 0 radical (unpaired) electrons. The van der Waals surface area contributed by atoms with Gasteiger partial charge < -0.3 is 25.1 Å². The highest BCUT2D eigenvalue weighted by molar-refractivity contribution is 5.96. The van der Waals surface area contributed by atoms with Crippen molar-refractivity contribution in [3.05, 3.63) is 114 Å². The maximum absolute atomic E-state index is 12.3. The highest BCUT2D eigenvalue weighted by atomic mass is 16.5. The van der Waals surface area contributed by atoms with Crippen molar-refractivity contribution in [1.29, 1.82) is 0 Å². The Morgan fingerprint density at radius 3 is 2.28 bits per heavy atom. The molecule has 7 nitrogen and oxygen atoms in total. The molecule has 4 aromatic rings. The first kappa shape index (κ1) is 24.6. The number of carbonyl (C=O) groups excluding carboxylic acids is 2. The van der Waals surface area contributed by atoms with Crippen LogP contribution in [0.1, 0.15) is 28.1 Å². The number of benzene rings is 3. The molecule has 0 bridgehead atoms. The quantitative estimate of drug-likeness (QED) is 0.239. The van der Waals surface area contributed by atoms with Gasteiger partial charge in [-0.05, 0) is 79.1 Å². The largest absolute Gasteiger partial charge is 0.494 e. The minimum Gasteiger partial charge on any atom is -0.494 e. The second-order valence-corrected chi connectivity index (χ2v) is 8.20. The maximum Gasteiger partial charge on any atom is 0.251 e. The molecule has 36 heavy (non-hydrogen) atoms. The molecule has 3 aromatic carbocycles. The molecule has 0 unspecified atom stereocenters. The Bertz CT molecular complexity index is 1220. The summed E-state index contributed by atoms with van der Waals surface area (Å²) in [7, 11) is 0. The van der Waals surface area contributed by atoms with Crippen LogP contribution in [0.4, 0.5) is 11.4 Å². The van der Waals surface area contributed by atoms with E-state index >= 15 is 0 Å². The van der Waals surface area contributed by atoms with Crippen molar-refractivity contribution in [2.45, 2.75) is 19.4 Å². The van der Waals surface area contributed by atoms with Crippen LogP contribution in [0.5, 0.6) is 5.75 Å². The Kier molecular flexibility index (Phi) is 8.75. The zero-order valence-corrected chi connectivity index (χ0v) is 19.9. The van der Waals surface area contributed by atoms with Crippen molar-refractivity contribution >= 4 is 23.2 Å². The van der Waals surface area contributed by atoms with Gasteiger partial charge in [0, 0.05) is 16.9 Å². The fourth-order valence-electron chi connectivity index (χ4n) is 3.56. The van der Waals surface area contributed by atoms with Gasteiger partial charge in [0.05, 0.1) is 26.0 Å². The first-order chi connectivity index (χ1) is 17.7. The molecule has 0 aliphatic rings. The fourth-order valence-corrected chi connectivity index (χ4v) is 3.56. The lowest BCUT2D eigenvalue weighted by Crippen LogP contribution is -2.23. The van der Waals surface area contributed by atoms with Crippen LogP contribution in [0.15, 0.2) is 102 Å². The van der Waals surface area contributed by atoms with E-state index in [4.69, 9.17) is 9.15 Å². The van der Waals surface area contributed by atoms with Crippen molar-refractivity contribution < 1.29 is 18.7 Å². The van der Waals surface area contributed by atoms with Gasteiger partial charge in [-0.15, -0.1) is 0 Å². The predicted molar refractivity (Wildman–Crippen MR) is 140 cm³/mol. The Labute approximate surface area is 210 Å². The van der Waals surface area contributed by atoms with Crippen molar-refractivity contribution in [3.8, 4) is 5.75 Å². The Balaban J connectivity index is 1.14. The van der Waals surface area contributed by atoms with Crippen LogP contribution in [0.25, 0.3) is 0 Å². The third kappa shape index (κ3) is 7.77. The standard InChI is InChI=1S/C29H29N3O4/c33-28(32-25-12-10-23(11-13-25)29(34)31-20-27-9-5-19-36-27)21-30-24-14-16-26(17-15-24)35-18-4-8-22-6-2-1-3-7-22/h1-3,5-7,9-17,19,30H,4,8,18,20-21H2,(H,31,34)(H,32,33). The van der Waals surface area contributed by atoms with E-state index in [1.807, 2.05) is 42.5 Å². The van der Waals surface area contributed by atoms with E-state index in [0.717, 1.165) is 24.3 Å². The second kappa shape index (κ2) is 12.8. The summed E-state index contributed by atoms with van der Waals surface area (Å²) < 4.78 is 11.0. The maximum atomic E-state index is 12.3. The summed E-state index contributed by atoms with van der Waals surface area (Å²) in [4.78, 5) is 24.5. The van der Waals surface area contributed by atoms with Crippen molar-refractivity contribution in [3.63, 3.8) is 0 Å². The Morgan fingerprint density at radius 1 is 0.806 bits per heavy atom. The summed E-state index contributed by atoms with van der Waals surface area (Å²) in [6.07, 6.45) is 3.49. The molecule has 0 fully saturated rings. The summed E-state index contributed by atoms with van der Waals surface area (Å²) in [5.41, 5.74) is 3.25. The molecule has 184 valence electrons. The van der Waals surface area contributed by atoms with Crippen molar-refractivity contribution in [2.75, 3.05) is 23.8 Å². The predicted octanol–water partition coefficient (Wildman–Crippen LogP) is 5.27. The zero-order chi connectivity index (χ0) is 25.0. The molecule has 0 spiro atoms. The van der Waals surface area contributed by atoms with Crippen LogP contribution < -0.4 is 20.7 Å². The minimum absolute atomic E-state index is 0.114. The summed E-state index contributed by atoms with van der Waals surface area (Å²) in [6.45, 7) is 1.08. The third-order valence-electron chi connectivity index (χ3n) is 5.46. The number of hydrogen-bond acceptors (Lipinski definition) is 5. The molecule has 0 atom stereocenters. The topological polar surface area (TPSA) is 92.6 Å². The summed E-state index contributed by atoms with van der Waals surface area (Å²) in [5, 5.41) is 8.70. The lowest BCUT2D eigenvalue weighted by Gasteiger charge is -2.10. The zero-order valence-electron chi connectivity index (χ0n) is 19.9. The smallest absolute Gasteiger partial charge is 0.251 e. The molecular formula is C29H29N3O4. The number of rotatable bonds is 12. The van der Waals surface area contributed by atoms with Gasteiger partial charge in [0.1, 0.15) is 11.5 Å². The SMILES string of the molecule is O=C(CNc1ccc(OCCCc2ccccc2)cc1)Nc1ccc(C(=O)NCc2ccco2)cc1. The number of aryl methyl sites for hydroxylation is 1. The highest BCUT2D eigenvalue weighted by Gasteiger charge is 2.08. The Hall–Kier alpha value is -4.52. The van der Waals surface area contributed by atoms with E-state index in [2.05, 4.69) is 28.1 Å². The van der Waals surface area contributed by atoms with Crippen LogP contribution in [-0.2, 0) is 17.8 Å². The molecule has 1 aromatic heterocycles. The van der Waals surface area contributed by atoms with Crippen LogP contribution in [-0.4, -0.2) is 25.0 Å². The minimum atomic E-state index is -0.213. The molecule has 4 rings (SSSR count). The van der Waals surface area contributed by atoms with Gasteiger partial charge in [0.2, 0.25) is 5.91 Å². The van der Waals surface area contributed by atoms with Gasteiger partial charge in [-0.2, -0.15) is 0 Å². The van der Waals surface area contributed by atoms with Crippen molar-refractivity contribution in [2.24, 2.45) is 0 Å². The summed E-state index contributed by atoms with van der Waals surface area (Å²) in [6, 6.07) is 28.2. The van der Waals surface area contributed by atoms with E-state index < -0.39 is 0 Å². The number of furan rings is 1. The highest BCUT2D eigenvalue weighted by Crippen LogP contribution is 2.16. The normalized spacial score (nSPS) is 10.4. The van der Waals surface area contributed by atoms with E-state index in [0.29, 0.717) is 30.2 Å². The average molecular weight is 484 g/mol. The Morgan fingerprint density at radius 2 is 1.56 bits per heavy atom. The number of hydrogen-bond donors (Lipinski definition) is 3. The molecule has 2 amide bonds. The third-order valence-corrected chi connectivity index (χ3v) is 5.46. The summed E-state index contributed by atoms with van der Waals surface area (Å²) in [5.74, 6) is 1.08. The lowest BCUT2D eigenvalue weighted by atomic mass is 10.1. The monoisotopic (exact) mass is 483 g/mol. The lowest BCUT2D eigenvalue weighted by molar-refractivity contribution is -0.114. The van der Waals surface area contributed by atoms with Crippen LogP contribution >= 0.6 is 0 Å². The van der Waals surface area contributed by atoms with Gasteiger partial charge in [0.25, 0.3) is 5.91 Å². The van der Waals surface area contributed by atoms with Gasteiger partial charge in [0.15, 0.2) is 0 Å². The van der Waals surface area contributed by atoms with Gasteiger partial charge in [-0.3, -0.25) is 9.59 Å². The van der Waals surface area contributed by atoms with E-state index in [1.165, 1.54) is 5.56 Å². The molecule has 1 heterocycles. The van der Waals surface area contributed by atoms with Crippen molar-refractivity contribution in [1.82, 2.24) is 5.32 Å². The summed E-state index contributed by atoms with van der Waals surface area (Å²) >= 11 is 0. The number of carbonyl (C=O) groups is 2. The van der Waals surface area contributed by atoms with Gasteiger partial charge in [-0.25, -0.2) is 0 Å².